The van der Waals surface area contributed by atoms with Crippen LogP contribution in [0, 0.1) is 5.21 Å². The van der Waals surface area contributed by atoms with Crippen LogP contribution in [0.4, 0.5) is 5.69 Å². The van der Waals surface area contributed by atoms with Crippen molar-refractivity contribution in [3.05, 3.63) is 53.3 Å². The minimum atomic E-state index is -0.169. The van der Waals surface area contributed by atoms with Crippen molar-refractivity contribution in [3.8, 4) is 0 Å². The van der Waals surface area contributed by atoms with Gasteiger partial charge in [-0.25, -0.2) is 9.98 Å². The zero-order valence-corrected chi connectivity index (χ0v) is 12.6. The quantitative estimate of drug-likeness (QED) is 0.548. The van der Waals surface area contributed by atoms with Crippen LogP contribution in [0.15, 0.2) is 41.7 Å². The van der Waals surface area contributed by atoms with Gasteiger partial charge < -0.3 is 14.8 Å². The number of piperazine rings is 1. The summed E-state index contributed by atoms with van der Waals surface area (Å²) in [5, 5.41) is 12.1. The van der Waals surface area contributed by atoms with E-state index >= 15 is 0 Å². The van der Waals surface area contributed by atoms with Crippen LogP contribution in [-0.4, -0.2) is 58.3 Å². The summed E-state index contributed by atoms with van der Waals surface area (Å²) in [4.78, 5) is 11.6. The minimum Gasteiger partial charge on any atom is -0.633 e. The highest BCUT2D eigenvalue weighted by atomic mass is 16.5. The molecule has 2 aliphatic heterocycles. The summed E-state index contributed by atoms with van der Waals surface area (Å²) in [6.07, 6.45) is 4.55. The van der Waals surface area contributed by atoms with E-state index in [0.717, 1.165) is 37.0 Å². The summed E-state index contributed by atoms with van der Waals surface area (Å²) >= 11 is 0. The monoisotopic (exact) mass is 297 g/mol. The Morgan fingerprint density at radius 3 is 2.77 bits per heavy atom. The smallest absolute Gasteiger partial charge is 0.212 e. The molecule has 0 radical (unpaired) electrons. The van der Waals surface area contributed by atoms with E-state index in [-0.39, 0.29) is 4.65 Å². The van der Waals surface area contributed by atoms with Gasteiger partial charge in [-0.3, -0.25) is 4.57 Å². The number of nitrogens with zero attached hydrogens (tertiary/aromatic N) is 5. The summed E-state index contributed by atoms with van der Waals surface area (Å²) in [6, 6.07) is 8.19. The third-order valence-electron chi connectivity index (χ3n) is 4.46. The number of para-hydroxylation sites is 1. The van der Waals surface area contributed by atoms with Crippen molar-refractivity contribution in [2.45, 2.75) is 6.42 Å². The maximum atomic E-state index is 12.1. The number of imidazole rings is 1. The molecule has 1 aromatic heterocycles. The predicted octanol–water partition coefficient (Wildman–Crippen LogP) is 1.58. The Bertz CT molecular complexity index is 724. The summed E-state index contributed by atoms with van der Waals surface area (Å²) in [5.74, 6) is 1.88. The third-order valence-corrected chi connectivity index (χ3v) is 4.46. The highest BCUT2D eigenvalue weighted by Gasteiger charge is 2.27. The Labute approximate surface area is 129 Å². The van der Waals surface area contributed by atoms with Gasteiger partial charge in [-0.05, 0) is 11.6 Å². The van der Waals surface area contributed by atoms with E-state index < -0.39 is 0 Å². The van der Waals surface area contributed by atoms with Gasteiger partial charge in [0, 0.05) is 18.8 Å². The second kappa shape index (κ2) is 4.93. The molecule has 6 heteroatoms. The zero-order chi connectivity index (χ0) is 15.2. The molecule has 0 amide bonds. The number of hydrogen-bond donors (Lipinski definition) is 0. The van der Waals surface area contributed by atoms with Crippen LogP contribution in [-0.2, 0) is 6.42 Å². The van der Waals surface area contributed by atoms with Gasteiger partial charge in [0.15, 0.2) is 0 Å². The van der Waals surface area contributed by atoms with Gasteiger partial charge in [0.25, 0.3) is 0 Å². The number of aromatic nitrogens is 2. The highest BCUT2D eigenvalue weighted by Crippen LogP contribution is 2.26. The van der Waals surface area contributed by atoms with E-state index in [1.807, 2.05) is 30.6 Å². The van der Waals surface area contributed by atoms with Crippen LogP contribution < -0.4 is 0 Å². The van der Waals surface area contributed by atoms with Crippen molar-refractivity contribution in [1.29, 1.82) is 0 Å². The SMILES string of the molecule is C[N+]1([O-])CCN(C2=Nc3ccccc3Cc3nccn32)CC1. The van der Waals surface area contributed by atoms with Crippen molar-refractivity contribution in [3.63, 3.8) is 0 Å². The Morgan fingerprint density at radius 2 is 1.95 bits per heavy atom. The van der Waals surface area contributed by atoms with Gasteiger partial charge in [-0.15, -0.1) is 0 Å². The normalized spacial score (nSPS) is 19.9. The van der Waals surface area contributed by atoms with Crippen molar-refractivity contribution < 1.29 is 4.65 Å². The van der Waals surface area contributed by atoms with Gasteiger partial charge in [0.05, 0.1) is 38.9 Å². The molecule has 1 saturated heterocycles. The average molecular weight is 297 g/mol. The van der Waals surface area contributed by atoms with E-state index in [2.05, 4.69) is 20.5 Å². The van der Waals surface area contributed by atoms with Crippen molar-refractivity contribution in [2.24, 2.45) is 4.99 Å². The first kappa shape index (κ1) is 13.5. The number of hydrogen-bond acceptors (Lipinski definition) is 4. The number of rotatable bonds is 0. The number of likely N-dealkylation sites (N-methyl/N-ethyl adjacent to an activating group) is 1. The molecule has 0 unspecified atom stereocenters. The zero-order valence-electron chi connectivity index (χ0n) is 12.6. The molecule has 6 nitrogen and oxygen atoms in total. The molecule has 2 aliphatic rings. The largest absolute Gasteiger partial charge is 0.633 e. The summed E-state index contributed by atoms with van der Waals surface area (Å²) in [6.45, 7) is 2.62. The fourth-order valence-corrected chi connectivity index (χ4v) is 3.06. The predicted molar refractivity (Wildman–Crippen MR) is 84.8 cm³/mol. The van der Waals surface area contributed by atoms with Crippen molar-refractivity contribution in [2.75, 3.05) is 33.2 Å². The molecule has 22 heavy (non-hydrogen) atoms. The number of benzene rings is 1. The van der Waals surface area contributed by atoms with E-state index in [9.17, 15) is 5.21 Å². The minimum absolute atomic E-state index is 0.169. The standard InChI is InChI=1S/C16H19N5O/c1-21(22)10-8-19(9-11-21)16-18-14-5-3-2-4-13(14)12-15-17-6-7-20(15)16/h2-7H,8-12H2,1H3. The van der Waals surface area contributed by atoms with Crippen LogP contribution in [0.5, 0.6) is 0 Å². The molecule has 1 fully saturated rings. The molecule has 0 atom stereocenters. The lowest BCUT2D eigenvalue weighted by atomic mass is 10.1. The molecular formula is C16H19N5O. The molecule has 114 valence electrons. The molecule has 4 rings (SSSR count). The summed E-state index contributed by atoms with van der Waals surface area (Å²) < 4.78 is 1.89. The average Bonchev–Trinajstić information content (AvgIpc) is 2.89. The highest BCUT2D eigenvalue weighted by molar-refractivity contribution is 5.86. The first-order chi connectivity index (χ1) is 10.6. The Kier molecular flexibility index (Phi) is 3.02. The van der Waals surface area contributed by atoms with E-state index in [1.54, 1.807) is 7.05 Å². The Hall–Kier alpha value is -2.18. The maximum Gasteiger partial charge on any atom is 0.212 e. The van der Waals surface area contributed by atoms with Gasteiger partial charge in [0.1, 0.15) is 5.82 Å². The van der Waals surface area contributed by atoms with Crippen LogP contribution in [0.3, 0.4) is 0 Å². The fourth-order valence-electron chi connectivity index (χ4n) is 3.06. The molecule has 0 N–H and O–H groups in total. The molecule has 0 bridgehead atoms. The lowest BCUT2D eigenvalue weighted by Gasteiger charge is -2.45. The summed E-state index contributed by atoms with van der Waals surface area (Å²) in [5.41, 5.74) is 2.18. The Morgan fingerprint density at radius 1 is 1.18 bits per heavy atom. The Balaban J connectivity index is 1.76. The van der Waals surface area contributed by atoms with Crippen LogP contribution in [0.25, 0.3) is 0 Å². The topological polar surface area (TPSA) is 56.5 Å². The molecule has 0 saturated carbocycles. The van der Waals surface area contributed by atoms with Crippen LogP contribution in [0.2, 0.25) is 0 Å². The number of hydroxylamine groups is 3. The van der Waals surface area contributed by atoms with Crippen LogP contribution in [0.1, 0.15) is 11.4 Å². The molecule has 2 aromatic rings. The number of aliphatic imine (C=N–C) groups is 1. The second-order valence-electron chi connectivity index (χ2n) is 6.16. The maximum absolute atomic E-state index is 12.1. The van der Waals surface area contributed by atoms with E-state index in [1.165, 1.54) is 5.56 Å². The molecule has 0 spiro atoms. The fraction of sp³-hybridized carbons (Fsp3) is 0.375. The molecule has 0 aliphatic carbocycles. The number of fused-ring (bicyclic) bond motifs is 2. The molecule has 1 aromatic carbocycles. The second-order valence-corrected chi connectivity index (χ2v) is 6.16. The third kappa shape index (κ3) is 2.30. The van der Waals surface area contributed by atoms with Gasteiger partial charge in [-0.2, -0.15) is 0 Å². The first-order valence-corrected chi connectivity index (χ1v) is 7.62. The van der Waals surface area contributed by atoms with Crippen LogP contribution >= 0.6 is 0 Å². The lowest BCUT2D eigenvalue weighted by Crippen LogP contribution is -2.56. The van der Waals surface area contributed by atoms with E-state index in [0.29, 0.717) is 13.1 Å². The molecule has 3 heterocycles. The number of quaternary nitrogens is 1. The first-order valence-electron chi connectivity index (χ1n) is 7.62. The summed E-state index contributed by atoms with van der Waals surface area (Å²) in [7, 11) is 1.74. The molecular weight excluding hydrogens is 278 g/mol. The van der Waals surface area contributed by atoms with E-state index in [4.69, 9.17) is 4.99 Å². The van der Waals surface area contributed by atoms with Gasteiger partial charge >= 0.3 is 0 Å². The van der Waals surface area contributed by atoms with Crippen molar-refractivity contribution >= 4 is 11.6 Å². The van der Waals surface area contributed by atoms with Gasteiger partial charge in [-0.1, -0.05) is 18.2 Å². The van der Waals surface area contributed by atoms with Gasteiger partial charge in [0.2, 0.25) is 5.96 Å². The lowest BCUT2D eigenvalue weighted by molar-refractivity contribution is -0.864. The van der Waals surface area contributed by atoms with Crippen molar-refractivity contribution in [1.82, 2.24) is 14.5 Å².